The zero-order valence-electron chi connectivity index (χ0n) is 23.0. The zero-order valence-corrected chi connectivity index (χ0v) is 23.0. The Morgan fingerprint density at radius 3 is 1.94 bits per heavy atom. The number of carbonyl (C=O) groups is 1. The second-order valence-corrected chi connectivity index (χ2v) is 11.6. The van der Waals surface area contributed by atoms with Gasteiger partial charge in [0.05, 0.1) is 19.1 Å². The molecule has 0 radical (unpaired) electrons. The highest BCUT2D eigenvalue weighted by Gasteiger charge is 2.39. The molecule has 0 saturated carbocycles. The molecule has 33 heavy (non-hydrogen) atoms. The number of ether oxygens (including phenoxy) is 2. The predicted molar refractivity (Wildman–Crippen MR) is 140 cm³/mol. The normalized spacial score (nSPS) is 19.9. The molecule has 3 heteroatoms. The van der Waals surface area contributed by atoms with E-state index in [0.29, 0.717) is 6.42 Å². The minimum absolute atomic E-state index is 0.192. The van der Waals surface area contributed by atoms with Gasteiger partial charge in [-0.2, -0.15) is 0 Å². The van der Waals surface area contributed by atoms with Gasteiger partial charge in [-0.15, -0.1) is 0 Å². The summed E-state index contributed by atoms with van der Waals surface area (Å²) < 4.78 is 12.1. The van der Waals surface area contributed by atoms with Gasteiger partial charge in [-0.3, -0.25) is 4.79 Å². The van der Waals surface area contributed by atoms with E-state index in [0.717, 1.165) is 64.3 Å². The van der Waals surface area contributed by atoms with Crippen LogP contribution in [0.2, 0.25) is 0 Å². The summed E-state index contributed by atoms with van der Waals surface area (Å²) in [5.74, 6) is 4.20. The fourth-order valence-electron chi connectivity index (χ4n) is 5.52. The number of hydrogen-bond donors (Lipinski definition) is 0. The molecule has 0 spiro atoms. The Balaban J connectivity index is 1.84. The smallest absolute Gasteiger partial charge is 0.170 e. The number of fused-ring (bicyclic) bond motifs is 1. The molecule has 0 aliphatic carbocycles. The highest BCUT2D eigenvalue weighted by Crippen LogP contribution is 2.44. The molecule has 1 unspecified atom stereocenters. The summed E-state index contributed by atoms with van der Waals surface area (Å²) in [7, 11) is 1.67. The van der Waals surface area contributed by atoms with Crippen molar-refractivity contribution in [1.82, 2.24) is 0 Å². The van der Waals surface area contributed by atoms with E-state index < -0.39 is 5.60 Å². The summed E-state index contributed by atoms with van der Waals surface area (Å²) in [6.45, 7) is 17.6. The third kappa shape index (κ3) is 7.49. The monoisotopic (exact) mass is 458 g/mol. The van der Waals surface area contributed by atoms with E-state index in [9.17, 15) is 4.79 Å². The Bertz CT molecular complexity index is 794. The highest BCUT2D eigenvalue weighted by molar-refractivity contribution is 6.03. The Kier molecular flexibility index (Phi) is 10.3. The van der Waals surface area contributed by atoms with Crippen LogP contribution in [0.5, 0.6) is 11.5 Å². The molecule has 2 rings (SSSR count). The van der Waals surface area contributed by atoms with Crippen molar-refractivity contribution >= 4 is 5.78 Å². The Morgan fingerprint density at radius 1 is 0.848 bits per heavy atom. The lowest BCUT2D eigenvalue weighted by molar-refractivity contribution is 0.0438. The van der Waals surface area contributed by atoms with E-state index >= 15 is 0 Å². The van der Waals surface area contributed by atoms with Crippen molar-refractivity contribution in [2.45, 2.75) is 125 Å². The maximum atomic E-state index is 13.1. The first kappa shape index (κ1) is 27.7. The Hall–Kier alpha value is -1.51. The lowest BCUT2D eigenvalue weighted by atomic mass is 9.83. The first-order valence-electron chi connectivity index (χ1n) is 13.4. The van der Waals surface area contributed by atoms with Gasteiger partial charge in [0.1, 0.15) is 17.1 Å². The van der Waals surface area contributed by atoms with Crippen LogP contribution in [0.4, 0.5) is 0 Å². The van der Waals surface area contributed by atoms with Gasteiger partial charge in [0.25, 0.3) is 0 Å². The molecule has 1 aromatic carbocycles. The molecule has 1 heterocycles. The molecule has 0 aromatic heterocycles. The van der Waals surface area contributed by atoms with Gasteiger partial charge in [-0.05, 0) is 69.4 Å². The first-order chi connectivity index (χ1) is 15.5. The summed E-state index contributed by atoms with van der Waals surface area (Å²) >= 11 is 0. The van der Waals surface area contributed by atoms with Crippen LogP contribution in [-0.4, -0.2) is 18.5 Å². The first-order valence-corrected chi connectivity index (χ1v) is 13.4. The number of Topliss-reactive ketones (excluding diaryl/α,β-unsaturated/α-hetero) is 1. The van der Waals surface area contributed by atoms with E-state index in [1.165, 1.54) is 44.9 Å². The van der Waals surface area contributed by atoms with E-state index in [2.05, 4.69) is 34.6 Å². The lowest BCUT2D eigenvalue weighted by Gasteiger charge is -2.37. The summed E-state index contributed by atoms with van der Waals surface area (Å²) in [5.41, 5.74) is 3.32. The topological polar surface area (TPSA) is 35.5 Å². The minimum atomic E-state index is -0.410. The molecule has 1 aromatic rings. The van der Waals surface area contributed by atoms with Crippen LogP contribution in [0.25, 0.3) is 0 Å². The molecule has 0 saturated heterocycles. The lowest BCUT2D eigenvalue weighted by Crippen LogP contribution is -2.40. The number of carbonyl (C=O) groups excluding carboxylic acids is 1. The molecule has 3 atom stereocenters. The van der Waals surface area contributed by atoms with E-state index in [-0.39, 0.29) is 5.78 Å². The maximum Gasteiger partial charge on any atom is 0.170 e. The number of methoxy groups -OCH3 is 1. The molecule has 0 bridgehead atoms. The third-order valence-corrected chi connectivity index (χ3v) is 7.83. The predicted octanol–water partition coefficient (Wildman–Crippen LogP) is 8.78. The van der Waals surface area contributed by atoms with Crippen LogP contribution in [0, 0.1) is 38.5 Å². The third-order valence-electron chi connectivity index (χ3n) is 7.83. The minimum Gasteiger partial charge on any atom is -0.496 e. The van der Waals surface area contributed by atoms with E-state index in [4.69, 9.17) is 9.47 Å². The average Bonchev–Trinajstić information content (AvgIpc) is 2.71. The SMILES string of the molecule is COc1c(C)c(C)c2c(c1C)C(=O)CC(C)(CCC[C@H](C)CCC[C@H](C)CCCC(C)C)O2. The van der Waals surface area contributed by atoms with Gasteiger partial charge in [-0.1, -0.05) is 72.6 Å². The molecular formula is C30H50O3. The van der Waals surface area contributed by atoms with Gasteiger partial charge < -0.3 is 9.47 Å². The quantitative estimate of drug-likeness (QED) is 0.296. The number of rotatable bonds is 13. The van der Waals surface area contributed by atoms with Crippen molar-refractivity contribution in [3.8, 4) is 11.5 Å². The van der Waals surface area contributed by atoms with Crippen LogP contribution < -0.4 is 9.47 Å². The second kappa shape index (κ2) is 12.3. The second-order valence-electron chi connectivity index (χ2n) is 11.6. The molecule has 188 valence electrons. The van der Waals surface area contributed by atoms with Crippen LogP contribution in [0.15, 0.2) is 0 Å². The molecule has 0 N–H and O–H groups in total. The molecular weight excluding hydrogens is 408 g/mol. The highest BCUT2D eigenvalue weighted by atomic mass is 16.5. The number of benzene rings is 1. The maximum absolute atomic E-state index is 13.1. The van der Waals surface area contributed by atoms with Gasteiger partial charge in [0.15, 0.2) is 5.78 Å². The van der Waals surface area contributed by atoms with Crippen LogP contribution in [-0.2, 0) is 0 Å². The van der Waals surface area contributed by atoms with Crippen molar-refractivity contribution in [3.05, 3.63) is 22.3 Å². The Labute approximate surface area is 204 Å². The summed E-state index contributed by atoms with van der Waals surface area (Å²) in [5, 5.41) is 0. The van der Waals surface area contributed by atoms with Crippen molar-refractivity contribution in [1.29, 1.82) is 0 Å². The van der Waals surface area contributed by atoms with Crippen LogP contribution in [0.1, 0.15) is 126 Å². The van der Waals surface area contributed by atoms with Gasteiger partial charge in [0, 0.05) is 5.56 Å². The van der Waals surface area contributed by atoms with E-state index in [1.54, 1.807) is 7.11 Å². The molecule has 1 aliphatic heterocycles. The Morgan fingerprint density at radius 2 is 1.39 bits per heavy atom. The molecule has 0 fully saturated rings. The average molecular weight is 459 g/mol. The van der Waals surface area contributed by atoms with Crippen LogP contribution >= 0.6 is 0 Å². The van der Waals surface area contributed by atoms with Gasteiger partial charge in [0.2, 0.25) is 0 Å². The zero-order chi connectivity index (χ0) is 24.8. The van der Waals surface area contributed by atoms with Gasteiger partial charge >= 0.3 is 0 Å². The molecule has 1 aliphatic rings. The number of ketones is 1. The van der Waals surface area contributed by atoms with Crippen molar-refractivity contribution in [3.63, 3.8) is 0 Å². The summed E-state index contributed by atoms with van der Waals surface area (Å²) in [6.07, 6.45) is 11.8. The van der Waals surface area contributed by atoms with Gasteiger partial charge in [-0.25, -0.2) is 0 Å². The fourth-order valence-corrected chi connectivity index (χ4v) is 5.52. The standard InChI is InChI=1S/C30H50O3/c1-20(2)13-10-14-21(3)15-11-16-22(4)17-12-18-30(8)19-26(31)27-25(7)28(32-9)23(5)24(6)29(27)33-30/h20-22H,10-19H2,1-9H3/t21-,22-,30?/m1/s1. The number of hydrogen-bond acceptors (Lipinski definition) is 3. The fraction of sp³-hybridized carbons (Fsp3) is 0.767. The van der Waals surface area contributed by atoms with Crippen molar-refractivity contribution < 1.29 is 14.3 Å². The summed E-state index contributed by atoms with van der Waals surface area (Å²) in [6, 6.07) is 0. The molecule has 3 nitrogen and oxygen atoms in total. The van der Waals surface area contributed by atoms with Crippen LogP contribution in [0.3, 0.4) is 0 Å². The molecule has 0 amide bonds. The van der Waals surface area contributed by atoms with Crippen molar-refractivity contribution in [2.24, 2.45) is 17.8 Å². The summed E-state index contributed by atoms with van der Waals surface area (Å²) in [4.78, 5) is 13.1. The largest absolute Gasteiger partial charge is 0.496 e. The van der Waals surface area contributed by atoms with E-state index in [1.807, 2.05) is 20.8 Å². The van der Waals surface area contributed by atoms with Crippen molar-refractivity contribution in [2.75, 3.05) is 7.11 Å².